The predicted molar refractivity (Wildman–Crippen MR) is 122 cm³/mol. The Kier molecular flexibility index (Phi) is 15.0. The summed E-state index contributed by atoms with van der Waals surface area (Å²) in [6.07, 6.45) is 17.0. The van der Waals surface area contributed by atoms with Crippen LogP contribution in [0, 0.1) is 0 Å². The third-order valence-electron chi connectivity index (χ3n) is 6.92. The Hall–Kier alpha value is -0.370. The molecule has 0 spiro atoms. The van der Waals surface area contributed by atoms with Crippen LogP contribution in [0.1, 0.15) is 103 Å². The normalized spacial score (nSPS) is 19.2. The molecule has 31 heavy (non-hydrogen) atoms. The van der Waals surface area contributed by atoms with Gasteiger partial charge in [-0.1, -0.05) is 58.3 Å². The molecule has 2 heterocycles. The maximum Gasteiger partial charge on any atom is 0.306 e. The fourth-order valence-electron chi connectivity index (χ4n) is 5.05. The van der Waals surface area contributed by atoms with Gasteiger partial charge in [0.25, 0.3) is 0 Å². The second-order valence-electron chi connectivity index (χ2n) is 9.94. The van der Waals surface area contributed by atoms with Gasteiger partial charge in [-0.25, -0.2) is 0 Å². The molecular weight excluding hydrogens is 503 g/mol. The minimum Gasteiger partial charge on any atom is -1.00 e. The monoisotopic (exact) mass is 550 g/mol. The number of carbonyl (C=O) groups is 2. The minimum atomic E-state index is -0.166. The first-order valence-electron chi connectivity index (χ1n) is 12.8. The quantitative estimate of drug-likeness (QED) is 0.136. The molecule has 2 aliphatic rings. The fraction of sp³-hybridized carbons (Fsp3) is 0.920. The lowest BCUT2D eigenvalue weighted by Crippen LogP contribution is -3.00. The van der Waals surface area contributed by atoms with E-state index in [0.29, 0.717) is 19.4 Å². The molecule has 0 aliphatic carbocycles. The number of likely N-dealkylation sites (N-methyl/N-ethyl adjacent to an activating group) is 1. The number of esters is 1. The molecule has 182 valence electrons. The Morgan fingerprint density at radius 2 is 1.58 bits per heavy atom. The summed E-state index contributed by atoms with van der Waals surface area (Å²) in [6.45, 7) is 6.79. The van der Waals surface area contributed by atoms with Crippen LogP contribution < -0.4 is 24.0 Å². The smallest absolute Gasteiger partial charge is 0.306 e. The van der Waals surface area contributed by atoms with Crippen molar-refractivity contribution in [2.75, 3.05) is 39.8 Å². The van der Waals surface area contributed by atoms with Gasteiger partial charge >= 0.3 is 5.97 Å². The van der Waals surface area contributed by atoms with Crippen LogP contribution in [0.15, 0.2) is 0 Å². The van der Waals surface area contributed by atoms with Crippen LogP contribution in [0.2, 0.25) is 0 Å². The molecule has 0 aromatic rings. The van der Waals surface area contributed by atoms with Gasteiger partial charge in [0.1, 0.15) is 6.54 Å². The highest BCUT2D eigenvalue weighted by atomic mass is 127. The van der Waals surface area contributed by atoms with Crippen molar-refractivity contribution in [1.82, 2.24) is 4.90 Å². The Labute approximate surface area is 208 Å². The highest BCUT2D eigenvalue weighted by molar-refractivity contribution is 5.78. The zero-order valence-corrected chi connectivity index (χ0v) is 22.4. The topological polar surface area (TPSA) is 46.6 Å². The van der Waals surface area contributed by atoms with Crippen LogP contribution in [0.5, 0.6) is 0 Å². The Morgan fingerprint density at radius 1 is 0.968 bits per heavy atom. The van der Waals surface area contributed by atoms with Crippen LogP contribution in [-0.4, -0.2) is 67.1 Å². The first-order valence-corrected chi connectivity index (χ1v) is 12.8. The van der Waals surface area contributed by atoms with E-state index < -0.39 is 0 Å². The minimum absolute atomic E-state index is 0. The molecule has 2 fully saturated rings. The summed E-state index contributed by atoms with van der Waals surface area (Å²) < 4.78 is 6.92. The van der Waals surface area contributed by atoms with Gasteiger partial charge in [-0.15, -0.1) is 0 Å². The number of ether oxygens (including phenoxy) is 1. The van der Waals surface area contributed by atoms with Crippen LogP contribution in [-0.2, 0) is 14.3 Å². The number of piperidine rings is 1. The SMILES string of the molecule is CCCCCCCCCCCC(=O)OC(CN1CCCC1=O)C[N+]1(C)CCCCC1.[I-]. The van der Waals surface area contributed by atoms with Gasteiger partial charge in [0.15, 0.2) is 6.10 Å². The van der Waals surface area contributed by atoms with Crippen LogP contribution in [0.25, 0.3) is 0 Å². The molecule has 0 aromatic carbocycles. The van der Waals surface area contributed by atoms with E-state index in [2.05, 4.69) is 14.0 Å². The summed E-state index contributed by atoms with van der Waals surface area (Å²) in [7, 11) is 2.28. The van der Waals surface area contributed by atoms with E-state index in [0.717, 1.165) is 49.9 Å². The number of rotatable bonds is 15. The van der Waals surface area contributed by atoms with Crippen molar-refractivity contribution in [3.8, 4) is 0 Å². The van der Waals surface area contributed by atoms with Gasteiger partial charge in [0, 0.05) is 19.4 Å². The number of nitrogens with zero attached hydrogens (tertiary/aromatic N) is 2. The van der Waals surface area contributed by atoms with Crippen molar-refractivity contribution in [3.63, 3.8) is 0 Å². The predicted octanol–water partition coefficient (Wildman–Crippen LogP) is 2.08. The highest BCUT2D eigenvalue weighted by Gasteiger charge is 2.33. The van der Waals surface area contributed by atoms with Crippen molar-refractivity contribution >= 4 is 11.9 Å². The first kappa shape index (κ1) is 28.7. The van der Waals surface area contributed by atoms with E-state index in [1.807, 2.05) is 4.90 Å². The van der Waals surface area contributed by atoms with Crippen molar-refractivity contribution < 1.29 is 42.8 Å². The molecule has 6 heteroatoms. The van der Waals surface area contributed by atoms with Crippen molar-refractivity contribution in [2.45, 2.75) is 109 Å². The summed E-state index contributed by atoms with van der Waals surface area (Å²) in [5.41, 5.74) is 0. The zero-order chi connectivity index (χ0) is 21.7. The molecule has 1 unspecified atom stereocenters. The number of carbonyl (C=O) groups excluding carboxylic acids is 2. The van der Waals surface area contributed by atoms with Crippen LogP contribution >= 0.6 is 0 Å². The molecule has 0 bridgehead atoms. The molecule has 0 radical (unpaired) electrons. The number of hydrogen-bond donors (Lipinski definition) is 0. The van der Waals surface area contributed by atoms with Gasteiger partial charge in [-0.3, -0.25) is 9.59 Å². The van der Waals surface area contributed by atoms with Gasteiger partial charge in [0.05, 0.1) is 26.7 Å². The third kappa shape index (κ3) is 11.9. The van der Waals surface area contributed by atoms with Gasteiger partial charge in [0.2, 0.25) is 5.91 Å². The van der Waals surface area contributed by atoms with E-state index in [-0.39, 0.29) is 42.0 Å². The summed E-state index contributed by atoms with van der Waals surface area (Å²) in [5.74, 6) is 0.148. The standard InChI is InChI=1S/C25H47N2O3.HI/c1-3-4-5-6-7-8-9-10-12-17-25(29)30-23(21-26-18-15-16-24(26)28)22-27(2)19-13-11-14-20-27;/h23H,3-22H2,1-2H3;1H/q+1;/p-1. The number of likely N-dealkylation sites (tertiary alicyclic amines) is 2. The molecule has 0 saturated carbocycles. The lowest BCUT2D eigenvalue weighted by Gasteiger charge is -2.40. The maximum absolute atomic E-state index is 12.5. The molecule has 5 nitrogen and oxygen atoms in total. The largest absolute Gasteiger partial charge is 1.00 e. The number of amides is 1. The van der Waals surface area contributed by atoms with Crippen LogP contribution in [0.4, 0.5) is 0 Å². The van der Waals surface area contributed by atoms with Gasteiger partial charge in [-0.2, -0.15) is 0 Å². The lowest BCUT2D eigenvalue weighted by molar-refractivity contribution is -0.916. The lowest BCUT2D eigenvalue weighted by atomic mass is 10.1. The van der Waals surface area contributed by atoms with Crippen molar-refractivity contribution in [2.24, 2.45) is 0 Å². The molecule has 1 atom stereocenters. The molecular formula is C25H47IN2O3. The third-order valence-corrected chi connectivity index (χ3v) is 6.92. The summed E-state index contributed by atoms with van der Waals surface area (Å²) in [4.78, 5) is 26.5. The zero-order valence-electron chi connectivity index (χ0n) is 20.2. The van der Waals surface area contributed by atoms with Gasteiger partial charge < -0.3 is 38.1 Å². The number of unbranched alkanes of at least 4 members (excludes halogenated alkanes) is 8. The van der Waals surface area contributed by atoms with E-state index in [1.165, 1.54) is 64.2 Å². The summed E-state index contributed by atoms with van der Waals surface area (Å²) in [6, 6.07) is 0. The molecule has 2 saturated heterocycles. The van der Waals surface area contributed by atoms with Gasteiger partial charge in [-0.05, 0) is 32.1 Å². The fourth-order valence-corrected chi connectivity index (χ4v) is 5.05. The molecule has 0 N–H and O–H groups in total. The Balaban J connectivity index is 0.00000480. The van der Waals surface area contributed by atoms with E-state index in [9.17, 15) is 9.59 Å². The maximum atomic E-state index is 12.5. The van der Waals surface area contributed by atoms with Crippen molar-refractivity contribution in [1.29, 1.82) is 0 Å². The van der Waals surface area contributed by atoms with E-state index in [1.54, 1.807) is 0 Å². The summed E-state index contributed by atoms with van der Waals surface area (Å²) in [5, 5.41) is 0. The number of quaternary nitrogens is 1. The van der Waals surface area contributed by atoms with E-state index in [4.69, 9.17) is 4.74 Å². The van der Waals surface area contributed by atoms with E-state index >= 15 is 0 Å². The molecule has 1 amide bonds. The number of halogens is 1. The average molecular weight is 551 g/mol. The van der Waals surface area contributed by atoms with Crippen molar-refractivity contribution in [3.05, 3.63) is 0 Å². The second-order valence-corrected chi connectivity index (χ2v) is 9.94. The second kappa shape index (κ2) is 16.3. The first-order chi connectivity index (χ1) is 14.5. The Bertz CT molecular complexity index is 509. The van der Waals surface area contributed by atoms with Crippen LogP contribution in [0.3, 0.4) is 0 Å². The molecule has 0 aromatic heterocycles. The Morgan fingerprint density at radius 3 is 2.16 bits per heavy atom. The molecule has 2 aliphatic heterocycles. The summed E-state index contributed by atoms with van der Waals surface area (Å²) >= 11 is 0. The number of hydrogen-bond acceptors (Lipinski definition) is 3. The average Bonchev–Trinajstić information content (AvgIpc) is 3.11. The molecule has 2 rings (SSSR count). The highest BCUT2D eigenvalue weighted by Crippen LogP contribution is 2.20.